The molecule has 11 heavy (non-hydrogen) atoms. The zero-order valence-electron chi connectivity index (χ0n) is 7.48. The van der Waals surface area contributed by atoms with E-state index < -0.39 is 0 Å². The predicted octanol–water partition coefficient (Wildman–Crippen LogP) is 1.06. The minimum absolute atomic E-state index is 0.0518. The van der Waals surface area contributed by atoms with Crippen LogP contribution in [-0.4, -0.2) is 31.1 Å². The standard InChI is InChI=1S/C8H16N2O/c1-4-8(2)5-9-7(11)10(3)6-8/h4-6H2,1-3H3,(H,9,11). The van der Waals surface area contributed by atoms with E-state index in [-0.39, 0.29) is 11.4 Å². The van der Waals surface area contributed by atoms with E-state index in [1.54, 1.807) is 4.90 Å². The monoisotopic (exact) mass is 156 g/mol. The minimum atomic E-state index is 0.0518. The number of urea groups is 1. The Morgan fingerprint density at radius 3 is 2.82 bits per heavy atom. The molecule has 64 valence electrons. The zero-order valence-corrected chi connectivity index (χ0v) is 7.48. The van der Waals surface area contributed by atoms with E-state index in [2.05, 4.69) is 19.2 Å². The molecular weight excluding hydrogens is 140 g/mol. The van der Waals surface area contributed by atoms with Gasteiger partial charge in [0.1, 0.15) is 0 Å². The number of hydrogen-bond donors (Lipinski definition) is 1. The number of amides is 2. The van der Waals surface area contributed by atoms with E-state index in [1.165, 1.54) is 0 Å². The second kappa shape index (κ2) is 2.72. The van der Waals surface area contributed by atoms with Crippen LogP contribution in [0.5, 0.6) is 0 Å². The molecule has 0 aromatic heterocycles. The molecule has 1 heterocycles. The van der Waals surface area contributed by atoms with Gasteiger partial charge in [-0.25, -0.2) is 4.79 Å². The average Bonchev–Trinajstić information content (AvgIpc) is 1.98. The number of hydrogen-bond acceptors (Lipinski definition) is 1. The molecule has 1 fully saturated rings. The minimum Gasteiger partial charge on any atom is -0.337 e. The smallest absolute Gasteiger partial charge is 0.317 e. The molecule has 0 aromatic rings. The summed E-state index contributed by atoms with van der Waals surface area (Å²) in [7, 11) is 1.84. The summed E-state index contributed by atoms with van der Waals surface area (Å²) in [6.07, 6.45) is 1.11. The zero-order chi connectivity index (χ0) is 8.48. The fourth-order valence-corrected chi connectivity index (χ4v) is 1.36. The highest BCUT2D eigenvalue weighted by Gasteiger charge is 2.30. The number of nitrogens with zero attached hydrogens (tertiary/aromatic N) is 1. The van der Waals surface area contributed by atoms with E-state index in [4.69, 9.17) is 0 Å². The Bertz CT molecular complexity index is 169. The maximum absolute atomic E-state index is 11.0. The lowest BCUT2D eigenvalue weighted by molar-refractivity contribution is 0.140. The maximum Gasteiger partial charge on any atom is 0.317 e. The summed E-state index contributed by atoms with van der Waals surface area (Å²) in [5.41, 5.74) is 0.267. The Labute approximate surface area is 67.8 Å². The van der Waals surface area contributed by atoms with E-state index in [0.717, 1.165) is 19.5 Å². The predicted molar refractivity (Wildman–Crippen MR) is 44.4 cm³/mol. The molecule has 3 heteroatoms. The van der Waals surface area contributed by atoms with Crippen molar-refractivity contribution in [2.45, 2.75) is 20.3 Å². The van der Waals surface area contributed by atoms with Crippen LogP contribution in [0, 0.1) is 5.41 Å². The van der Waals surface area contributed by atoms with Crippen molar-refractivity contribution in [3.05, 3.63) is 0 Å². The van der Waals surface area contributed by atoms with Gasteiger partial charge in [-0.05, 0) is 6.42 Å². The van der Waals surface area contributed by atoms with E-state index >= 15 is 0 Å². The normalized spacial score (nSPS) is 31.9. The summed E-state index contributed by atoms with van der Waals surface area (Å²) < 4.78 is 0. The van der Waals surface area contributed by atoms with E-state index in [1.807, 2.05) is 7.05 Å². The summed E-state index contributed by atoms with van der Waals surface area (Å²) in [6.45, 7) is 6.04. The Balaban J connectivity index is 2.58. The van der Waals surface area contributed by atoms with Crippen molar-refractivity contribution >= 4 is 6.03 Å². The SMILES string of the molecule is CCC1(C)CNC(=O)N(C)C1. The lowest BCUT2D eigenvalue weighted by Gasteiger charge is -2.38. The van der Waals surface area contributed by atoms with Crippen LogP contribution >= 0.6 is 0 Å². The molecule has 1 rings (SSSR count). The largest absolute Gasteiger partial charge is 0.337 e. The third kappa shape index (κ3) is 1.64. The highest BCUT2D eigenvalue weighted by atomic mass is 16.2. The fourth-order valence-electron chi connectivity index (χ4n) is 1.36. The molecule has 1 saturated heterocycles. The van der Waals surface area contributed by atoms with Gasteiger partial charge in [0, 0.05) is 25.6 Å². The quantitative estimate of drug-likeness (QED) is 0.605. The van der Waals surface area contributed by atoms with Gasteiger partial charge in [-0.2, -0.15) is 0 Å². The first-order chi connectivity index (χ1) is 5.07. The highest BCUT2D eigenvalue weighted by molar-refractivity contribution is 5.74. The van der Waals surface area contributed by atoms with Crippen LogP contribution in [-0.2, 0) is 0 Å². The van der Waals surface area contributed by atoms with Gasteiger partial charge >= 0.3 is 6.03 Å². The van der Waals surface area contributed by atoms with E-state index in [0.29, 0.717) is 0 Å². The van der Waals surface area contributed by atoms with Crippen LogP contribution in [0.15, 0.2) is 0 Å². The lowest BCUT2D eigenvalue weighted by Crippen LogP contribution is -2.53. The Kier molecular flexibility index (Phi) is 2.07. The average molecular weight is 156 g/mol. The molecule has 1 atom stereocenters. The van der Waals surface area contributed by atoms with Crippen molar-refractivity contribution in [2.24, 2.45) is 5.41 Å². The van der Waals surface area contributed by atoms with Crippen LogP contribution in [0.25, 0.3) is 0 Å². The van der Waals surface area contributed by atoms with Crippen molar-refractivity contribution < 1.29 is 4.79 Å². The molecule has 0 bridgehead atoms. The van der Waals surface area contributed by atoms with E-state index in [9.17, 15) is 4.79 Å². The molecule has 0 aromatic carbocycles. The molecule has 0 spiro atoms. The van der Waals surface area contributed by atoms with Gasteiger partial charge in [-0.15, -0.1) is 0 Å². The fraction of sp³-hybridized carbons (Fsp3) is 0.875. The number of carbonyl (C=O) groups excluding carboxylic acids is 1. The van der Waals surface area contributed by atoms with Crippen molar-refractivity contribution in [1.82, 2.24) is 10.2 Å². The van der Waals surface area contributed by atoms with Gasteiger partial charge in [0.25, 0.3) is 0 Å². The Morgan fingerprint density at radius 1 is 1.73 bits per heavy atom. The van der Waals surface area contributed by atoms with Crippen LogP contribution in [0.4, 0.5) is 4.79 Å². The summed E-state index contributed by atoms with van der Waals surface area (Å²) in [6, 6.07) is 0.0518. The van der Waals surface area contributed by atoms with Crippen LogP contribution in [0.1, 0.15) is 20.3 Å². The molecule has 1 unspecified atom stereocenters. The molecule has 1 aliphatic rings. The summed E-state index contributed by atoms with van der Waals surface area (Å²) >= 11 is 0. The van der Waals surface area contributed by atoms with Crippen molar-refractivity contribution in [1.29, 1.82) is 0 Å². The molecule has 1 aliphatic heterocycles. The van der Waals surface area contributed by atoms with Crippen LogP contribution in [0.2, 0.25) is 0 Å². The van der Waals surface area contributed by atoms with Gasteiger partial charge in [-0.1, -0.05) is 13.8 Å². The summed E-state index contributed by atoms with van der Waals surface area (Å²) in [4.78, 5) is 12.8. The lowest BCUT2D eigenvalue weighted by atomic mass is 9.86. The topological polar surface area (TPSA) is 32.3 Å². The number of nitrogens with one attached hydrogen (secondary N) is 1. The van der Waals surface area contributed by atoms with Crippen molar-refractivity contribution in [3.63, 3.8) is 0 Å². The summed E-state index contributed by atoms with van der Waals surface area (Å²) in [5.74, 6) is 0. The second-order valence-corrected chi connectivity index (χ2v) is 3.68. The summed E-state index contributed by atoms with van der Waals surface area (Å²) in [5, 5.41) is 2.86. The Hall–Kier alpha value is -0.730. The van der Waals surface area contributed by atoms with Gasteiger partial charge in [0.05, 0.1) is 0 Å². The first-order valence-corrected chi connectivity index (χ1v) is 4.06. The second-order valence-electron chi connectivity index (χ2n) is 3.68. The maximum atomic E-state index is 11.0. The molecule has 0 saturated carbocycles. The molecular formula is C8H16N2O. The highest BCUT2D eigenvalue weighted by Crippen LogP contribution is 2.23. The third-order valence-electron chi connectivity index (χ3n) is 2.49. The first-order valence-electron chi connectivity index (χ1n) is 4.06. The van der Waals surface area contributed by atoms with Crippen molar-refractivity contribution in [2.75, 3.05) is 20.1 Å². The first kappa shape index (κ1) is 8.37. The van der Waals surface area contributed by atoms with Gasteiger partial charge in [-0.3, -0.25) is 0 Å². The van der Waals surface area contributed by atoms with Crippen LogP contribution in [0.3, 0.4) is 0 Å². The van der Waals surface area contributed by atoms with Gasteiger partial charge in [0.15, 0.2) is 0 Å². The Morgan fingerprint density at radius 2 is 2.36 bits per heavy atom. The van der Waals surface area contributed by atoms with Crippen LogP contribution < -0.4 is 5.32 Å². The molecule has 1 N–H and O–H groups in total. The number of rotatable bonds is 1. The molecule has 0 aliphatic carbocycles. The molecule has 2 amide bonds. The third-order valence-corrected chi connectivity index (χ3v) is 2.49. The van der Waals surface area contributed by atoms with Gasteiger partial charge < -0.3 is 10.2 Å². The molecule has 3 nitrogen and oxygen atoms in total. The number of carbonyl (C=O) groups is 1. The van der Waals surface area contributed by atoms with Crippen molar-refractivity contribution in [3.8, 4) is 0 Å². The van der Waals surface area contributed by atoms with Gasteiger partial charge in [0.2, 0.25) is 0 Å². The molecule has 0 radical (unpaired) electrons.